The maximum atomic E-state index is 13.7. The van der Waals surface area contributed by atoms with Gasteiger partial charge in [0.2, 0.25) is 10.0 Å². The van der Waals surface area contributed by atoms with Crippen LogP contribution in [0.4, 0.5) is 4.39 Å². The number of hydrogen-bond acceptors (Lipinski definition) is 4. The third kappa shape index (κ3) is 4.04. The molecule has 2 heterocycles. The van der Waals surface area contributed by atoms with E-state index in [1.807, 2.05) is 0 Å². The van der Waals surface area contributed by atoms with Crippen molar-refractivity contribution in [3.63, 3.8) is 0 Å². The second-order valence-corrected chi connectivity index (χ2v) is 9.83. The van der Waals surface area contributed by atoms with Crippen molar-refractivity contribution < 1.29 is 22.3 Å². The lowest BCUT2D eigenvalue weighted by Gasteiger charge is -2.43. The molecule has 0 radical (unpaired) electrons. The fourth-order valence-corrected chi connectivity index (χ4v) is 5.85. The third-order valence-corrected chi connectivity index (χ3v) is 8.18. The van der Waals surface area contributed by atoms with Crippen LogP contribution in [0.15, 0.2) is 47.4 Å². The number of piperidine rings is 1. The number of methoxy groups -OCH3 is 1. The highest BCUT2D eigenvalue weighted by molar-refractivity contribution is 7.89. The highest BCUT2D eigenvalue weighted by atomic mass is 32.2. The summed E-state index contributed by atoms with van der Waals surface area (Å²) in [5.74, 6) is 0.130. The van der Waals surface area contributed by atoms with Crippen LogP contribution in [0.3, 0.4) is 0 Å². The molecule has 0 N–H and O–H groups in total. The quantitative estimate of drug-likeness (QED) is 0.749. The SMILES string of the molecule is COc1ccc(S(=O)(=O)N2CCC3(CCOCC3)CC2)cc1-c1cccc(F)c1. The Morgan fingerprint density at radius 3 is 2.41 bits per heavy atom. The molecule has 0 aliphatic carbocycles. The molecule has 7 heteroatoms. The number of hydrogen-bond donors (Lipinski definition) is 0. The van der Waals surface area contributed by atoms with Crippen LogP contribution in [0.5, 0.6) is 5.75 Å². The Morgan fingerprint density at radius 1 is 1.03 bits per heavy atom. The predicted molar refractivity (Wildman–Crippen MR) is 109 cm³/mol. The van der Waals surface area contributed by atoms with Gasteiger partial charge in [0.15, 0.2) is 0 Å². The summed E-state index contributed by atoms with van der Waals surface area (Å²) in [4.78, 5) is 0.209. The highest BCUT2D eigenvalue weighted by Gasteiger charge is 2.39. The van der Waals surface area contributed by atoms with E-state index in [0.29, 0.717) is 30.0 Å². The Bertz CT molecular complexity index is 976. The molecule has 2 saturated heterocycles. The standard InChI is InChI=1S/C22H26FNO4S/c1-27-21-6-5-19(16-20(21)17-3-2-4-18(23)15-17)29(25,26)24-11-7-22(8-12-24)9-13-28-14-10-22/h2-6,15-16H,7-14H2,1H3. The van der Waals surface area contributed by atoms with E-state index in [0.717, 1.165) is 38.9 Å². The van der Waals surface area contributed by atoms with Gasteiger partial charge in [-0.2, -0.15) is 4.31 Å². The third-order valence-electron chi connectivity index (χ3n) is 6.28. The van der Waals surface area contributed by atoms with Gasteiger partial charge < -0.3 is 9.47 Å². The molecule has 4 rings (SSSR count). The van der Waals surface area contributed by atoms with Crippen LogP contribution in [0.25, 0.3) is 11.1 Å². The van der Waals surface area contributed by atoms with Gasteiger partial charge in [-0.05, 0) is 67.0 Å². The molecule has 0 atom stereocenters. The van der Waals surface area contributed by atoms with Crippen molar-refractivity contribution in [2.75, 3.05) is 33.4 Å². The van der Waals surface area contributed by atoms with Crippen LogP contribution in [-0.2, 0) is 14.8 Å². The van der Waals surface area contributed by atoms with E-state index in [9.17, 15) is 12.8 Å². The van der Waals surface area contributed by atoms with Gasteiger partial charge in [0.1, 0.15) is 11.6 Å². The fraction of sp³-hybridized carbons (Fsp3) is 0.455. The molecule has 0 bridgehead atoms. The van der Waals surface area contributed by atoms with Gasteiger partial charge in [-0.3, -0.25) is 0 Å². The normalized spacial score (nSPS) is 19.9. The minimum atomic E-state index is -3.63. The summed E-state index contributed by atoms with van der Waals surface area (Å²) in [5, 5.41) is 0. The van der Waals surface area contributed by atoms with Gasteiger partial charge in [0.25, 0.3) is 0 Å². The van der Waals surface area contributed by atoms with E-state index < -0.39 is 10.0 Å². The first-order chi connectivity index (χ1) is 13.9. The van der Waals surface area contributed by atoms with Gasteiger partial charge in [-0.15, -0.1) is 0 Å². The first-order valence-electron chi connectivity index (χ1n) is 9.95. The van der Waals surface area contributed by atoms with E-state index in [1.165, 1.54) is 19.2 Å². The number of halogens is 1. The van der Waals surface area contributed by atoms with Gasteiger partial charge >= 0.3 is 0 Å². The minimum Gasteiger partial charge on any atom is -0.496 e. The largest absolute Gasteiger partial charge is 0.496 e. The molecule has 0 aromatic heterocycles. The first-order valence-corrected chi connectivity index (χ1v) is 11.4. The molecule has 2 aliphatic rings. The Labute approximate surface area is 171 Å². The van der Waals surface area contributed by atoms with Crippen molar-refractivity contribution in [3.05, 3.63) is 48.3 Å². The minimum absolute atomic E-state index is 0.209. The summed E-state index contributed by atoms with van der Waals surface area (Å²) in [5.41, 5.74) is 1.36. The lowest BCUT2D eigenvalue weighted by molar-refractivity contribution is -0.00999. The van der Waals surface area contributed by atoms with Gasteiger partial charge in [0, 0.05) is 31.9 Å². The predicted octanol–water partition coefficient (Wildman–Crippen LogP) is 4.08. The summed E-state index contributed by atoms with van der Waals surface area (Å²) in [6.45, 7) is 2.57. The molecule has 0 saturated carbocycles. The molecule has 2 aliphatic heterocycles. The number of rotatable bonds is 4. The van der Waals surface area contributed by atoms with Crippen LogP contribution in [0.1, 0.15) is 25.7 Å². The zero-order chi connectivity index (χ0) is 20.5. The Balaban J connectivity index is 1.61. The Kier molecular flexibility index (Phi) is 5.64. The maximum absolute atomic E-state index is 13.7. The smallest absolute Gasteiger partial charge is 0.243 e. The zero-order valence-corrected chi connectivity index (χ0v) is 17.4. The van der Waals surface area contributed by atoms with Crippen LogP contribution >= 0.6 is 0 Å². The van der Waals surface area contributed by atoms with Gasteiger partial charge in [0.05, 0.1) is 12.0 Å². The van der Waals surface area contributed by atoms with Crippen molar-refractivity contribution >= 4 is 10.0 Å². The zero-order valence-electron chi connectivity index (χ0n) is 16.6. The summed E-state index contributed by atoms with van der Waals surface area (Å²) in [7, 11) is -2.11. The molecule has 29 heavy (non-hydrogen) atoms. The summed E-state index contributed by atoms with van der Waals surface area (Å²) >= 11 is 0. The molecule has 2 fully saturated rings. The molecule has 0 amide bonds. The molecule has 1 spiro atoms. The summed E-state index contributed by atoms with van der Waals surface area (Å²) in [6.07, 6.45) is 3.74. The van der Waals surface area contributed by atoms with Crippen LogP contribution in [-0.4, -0.2) is 46.1 Å². The molecule has 0 unspecified atom stereocenters. The van der Waals surface area contributed by atoms with Crippen LogP contribution in [0.2, 0.25) is 0 Å². The molecular formula is C22H26FNO4S. The van der Waals surface area contributed by atoms with Gasteiger partial charge in [-0.25, -0.2) is 12.8 Å². The fourth-order valence-electron chi connectivity index (χ4n) is 4.38. The molecule has 2 aromatic rings. The van der Waals surface area contributed by atoms with Crippen molar-refractivity contribution in [1.29, 1.82) is 0 Å². The van der Waals surface area contributed by atoms with E-state index in [1.54, 1.807) is 34.6 Å². The average Bonchev–Trinajstić information content (AvgIpc) is 2.74. The van der Waals surface area contributed by atoms with E-state index in [2.05, 4.69) is 0 Å². The van der Waals surface area contributed by atoms with Crippen molar-refractivity contribution in [2.45, 2.75) is 30.6 Å². The topological polar surface area (TPSA) is 55.8 Å². The number of sulfonamides is 1. The van der Waals surface area contributed by atoms with Crippen molar-refractivity contribution in [2.24, 2.45) is 5.41 Å². The second kappa shape index (κ2) is 8.05. The van der Waals surface area contributed by atoms with E-state index in [-0.39, 0.29) is 16.1 Å². The summed E-state index contributed by atoms with van der Waals surface area (Å²) < 4.78 is 52.7. The average molecular weight is 420 g/mol. The molecule has 156 valence electrons. The van der Waals surface area contributed by atoms with Crippen molar-refractivity contribution in [3.8, 4) is 16.9 Å². The second-order valence-electron chi connectivity index (χ2n) is 7.89. The molecule has 5 nitrogen and oxygen atoms in total. The Hall–Kier alpha value is -1.96. The molecular weight excluding hydrogens is 393 g/mol. The lowest BCUT2D eigenvalue weighted by atomic mass is 9.73. The van der Waals surface area contributed by atoms with E-state index >= 15 is 0 Å². The first kappa shape index (κ1) is 20.3. The van der Waals surface area contributed by atoms with Crippen LogP contribution in [0, 0.1) is 11.2 Å². The lowest BCUT2D eigenvalue weighted by Crippen LogP contribution is -2.45. The monoisotopic (exact) mass is 419 g/mol. The van der Waals surface area contributed by atoms with Crippen LogP contribution < -0.4 is 4.74 Å². The number of benzene rings is 2. The number of ether oxygens (including phenoxy) is 2. The maximum Gasteiger partial charge on any atom is 0.243 e. The van der Waals surface area contributed by atoms with Crippen molar-refractivity contribution in [1.82, 2.24) is 4.31 Å². The molecule has 2 aromatic carbocycles. The number of nitrogens with zero attached hydrogens (tertiary/aromatic N) is 1. The van der Waals surface area contributed by atoms with Gasteiger partial charge in [-0.1, -0.05) is 12.1 Å². The highest BCUT2D eigenvalue weighted by Crippen LogP contribution is 2.42. The summed E-state index contributed by atoms with van der Waals surface area (Å²) in [6, 6.07) is 10.9. The Morgan fingerprint density at radius 2 is 1.76 bits per heavy atom. The van der Waals surface area contributed by atoms with E-state index in [4.69, 9.17) is 9.47 Å².